The first-order valence-electron chi connectivity index (χ1n) is 8.72. The Morgan fingerprint density at radius 3 is 2.11 bits per heavy atom. The van der Waals surface area contributed by atoms with Gasteiger partial charge in [-0.05, 0) is 19.9 Å². The predicted octanol–water partition coefficient (Wildman–Crippen LogP) is 2.79. The first kappa shape index (κ1) is 26.1. The van der Waals surface area contributed by atoms with E-state index >= 15 is 0 Å². The van der Waals surface area contributed by atoms with Gasteiger partial charge in [-0.2, -0.15) is 13.2 Å². The summed E-state index contributed by atoms with van der Waals surface area (Å²) < 4.78 is 60.0. The average Bonchev–Trinajstić information content (AvgIpc) is 2.63. The average molecular weight is 424 g/mol. The predicted molar refractivity (Wildman–Crippen MR) is 99.9 cm³/mol. The maximum absolute atomic E-state index is 11.1. The maximum atomic E-state index is 11.1. The van der Waals surface area contributed by atoms with E-state index in [1.165, 1.54) is 11.6 Å². The summed E-state index contributed by atoms with van der Waals surface area (Å²) in [4.78, 5) is 11.1. The van der Waals surface area contributed by atoms with Gasteiger partial charge in [-0.1, -0.05) is 36.9 Å². The summed E-state index contributed by atoms with van der Waals surface area (Å²) in [6.45, 7) is 13.0. The van der Waals surface area contributed by atoms with Crippen molar-refractivity contribution < 1.29 is 35.4 Å². The molecule has 0 aliphatic rings. The second kappa shape index (κ2) is 11.8. The lowest BCUT2D eigenvalue weighted by atomic mass is 10.1. The summed E-state index contributed by atoms with van der Waals surface area (Å²) in [7, 11) is -6.09. The third-order valence-corrected chi connectivity index (χ3v) is 4.85. The summed E-state index contributed by atoms with van der Waals surface area (Å²) in [5.41, 5.74) is -4.26. The normalized spacial score (nSPS) is 11.9. The molecule has 0 radical (unpaired) electrons. The number of nitrogens with one attached hydrogen (secondary N) is 1. The minimum Gasteiger partial charge on any atom is -0.741 e. The number of rotatable bonds is 9. The summed E-state index contributed by atoms with van der Waals surface area (Å²) in [6.07, 6.45) is 2.32. The van der Waals surface area contributed by atoms with Crippen molar-refractivity contribution in [2.75, 3.05) is 26.2 Å². The molecule has 0 heterocycles. The highest BCUT2D eigenvalue weighted by Gasteiger charge is 2.36. The number of carbonyl (C=O) groups excluding carboxylic acids is 1. The highest BCUT2D eigenvalue weighted by molar-refractivity contribution is 7.86. The number of hydrogen-bond acceptors (Lipinski definition) is 4. The van der Waals surface area contributed by atoms with E-state index in [1.807, 2.05) is 0 Å². The molecule has 0 aromatic heterocycles. The highest BCUT2D eigenvalue weighted by atomic mass is 32.2. The van der Waals surface area contributed by atoms with Crippen molar-refractivity contribution in [3.63, 3.8) is 0 Å². The van der Waals surface area contributed by atoms with Crippen LogP contribution in [0.5, 0.6) is 0 Å². The maximum Gasteiger partial charge on any atom is 0.485 e. The molecule has 0 aliphatic carbocycles. The lowest BCUT2D eigenvalue weighted by molar-refractivity contribution is -0.937. The standard InChI is InChI=1S/C17H26N2O.CHF3O3S/c1-4-17(20)18-13-10-14-19(5-2,6-3)15-16-11-8-7-9-12-16;2-1(3,4)8(5,6)7/h4,7-9,11-12H,1,5-6,10,13-15H2,2-3H3;(H,5,6,7). The molecule has 0 saturated carbocycles. The number of halogens is 3. The van der Waals surface area contributed by atoms with E-state index in [0.29, 0.717) is 0 Å². The topological polar surface area (TPSA) is 86.3 Å². The Balaban J connectivity index is 0.000000769. The molecule has 0 fully saturated rings. The van der Waals surface area contributed by atoms with E-state index in [0.717, 1.165) is 43.6 Å². The van der Waals surface area contributed by atoms with Crippen molar-refractivity contribution in [2.45, 2.75) is 32.3 Å². The van der Waals surface area contributed by atoms with Crippen molar-refractivity contribution in [3.05, 3.63) is 48.6 Å². The van der Waals surface area contributed by atoms with E-state index in [4.69, 9.17) is 13.0 Å². The SMILES string of the molecule is C=CC(=O)NCCC[N+](CC)(CC)Cc1ccccc1.O=S(=O)([O-])C(F)(F)F. The number of hydrogen-bond donors (Lipinski definition) is 1. The molecule has 0 bridgehead atoms. The largest absolute Gasteiger partial charge is 0.741 e. The fourth-order valence-electron chi connectivity index (χ4n) is 2.51. The molecule has 160 valence electrons. The quantitative estimate of drug-likeness (QED) is 0.217. The van der Waals surface area contributed by atoms with Crippen molar-refractivity contribution in [1.29, 1.82) is 0 Å². The Bertz CT molecular complexity index is 703. The Labute approximate surface area is 164 Å². The van der Waals surface area contributed by atoms with E-state index < -0.39 is 15.6 Å². The number of benzene rings is 1. The molecular formula is C18H27F3N2O4S. The molecule has 1 amide bonds. The molecule has 0 saturated heterocycles. The van der Waals surface area contributed by atoms with E-state index in [2.05, 4.69) is 56.1 Å². The Hall–Kier alpha value is -1.91. The molecule has 0 atom stereocenters. The van der Waals surface area contributed by atoms with Crippen LogP contribution in [0.1, 0.15) is 25.8 Å². The Morgan fingerprint density at radius 1 is 1.21 bits per heavy atom. The molecule has 0 unspecified atom stereocenters. The fourth-order valence-corrected chi connectivity index (χ4v) is 2.51. The Kier molecular flexibility index (Phi) is 11.0. The van der Waals surface area contributed by atoms with Crippen molar-refractivity contribution in [2.24, 2.45) is 0 Å². The van der Waals surface area contributed by atoms with Crippen LogP contribution in [0.15, 0.2) is 43.0 Å². The van der Waals surface area contributed by atoms with Crippen LogP contribution in [0.25, 0.3) is 0 Å². The van der Waals surface area contributed by atoms with E-state index in [-0.39, 0.29) is 5.91 Å². The molecule has 1 aromatic carbocycles. The van der Waals surface area contributed by atoms with Gasteiger partial charge in [0.15, 0.2) is 10.1 Å². The zero-order chi connectivity index (χ0) is 21.8. The molecule has 10 heteroatoms. The number of alkyl halides is 3. The molecular weight excluding hydrogens is 397 g/mol. The molecule has 0 spiro atoms. The van der Waals surface area contributed by atoms with Crippen LogP contribution in [-0.2, 0) is 21.5 Å². The number of amides is 1. The monoisotopic (exact) mass is 424 g/mol. The molecule has 6 nitrogen and oxygen atoms in total. The minimum atomic E-state index is -6.09. The molecule has 0 aliphatic heterocycles. The van der Waals surface area contributed by atoms with Crippen LogP contribution < -0.4 is 5.32 Å². The summed E-state index contributed by atoms with van der Waals surface area (Å²) in [5, 5.41) is 2.85. The van der Waals surface area contributed by atoms with E-state index in [9.17, 15) is 18.0 Å². The van der Waals surface area contributed by atoms with Crippen molar-refractivity contribution >= 4 is 16.0 Å². The summed E-state index contributed by atoms with van der Waals surface area (Å²) in [6, 6.07) is 10.6. The minimum absolute atomic E-state index is 0.0841. The van der Waals surface area contributed by atoms with Crippen molar-refractivity contribution in [3.8, 4) is 0 Å². The highest BCUT2D eigenvalue weighted by Crippen LogP contribution is 2.20. The van der Waals surface area contributed by atoms with Crippen LogP contribution >= 0.6 is 0 Å². The second-order valence-corrected chi connectivity index (χ2v) is 7.46. The smallest absolute Gasteiger partial charge is 0.485 e. The lowest BCUT2D eigenvalue weighted by Gasteiger charge is -2.37. The van der Waals surface area contributed by atoms with Crippen LogP contribution in [0.2, 0.25) is 0 Å². The van der Waals surface area contributed by atoms with Gasteiger partial charge in [0.05, 0.1) is 19.6 Å². The van der Waals surface area contributed by atoms with Crippen LogP contribution in [0.4, 0.5) is 13.2 Å². The zero-order valence-electron chi connectivity index (χ0n) is 16.0. The third-order valence-electron chi connectivity index (χ3n) is 4.28. The van der Waals surface area contributed by atoms with Crippen LogP contribution in [0, 0.1) is 0 Å². The Morgan fingerprint density at radius 2 is 1.71 bits per heavy atom. The molecule has 1 N–H and O–H groups in total. The first-order valence-corrected chi connectivity index (χ1v) is 10.1. The molecule has 28 heavy (non-hydrogen) atoms. The van der Waals surface area contributed by atoms with E-state index in [1.54, 1.807) is 0 Å². The number of quaternary nitrogens is 1. The van der Waals surface area contributed by atoms with Gasteiger partial charge in [0.1, 0.15) is 6.54 Å². The van der Waals surface area contributed by atoms with Gasteiger partial charge in [0, 0.05) is 18.5 Å². The van der Waals surface area contributed by atoms with Gasteiger partial charge in [-0.25, -0.2) is 8.42 Å². The van der Waals surface area contributed by atoms with Gasteiger partial charge in [-0.15, -0.1) is 0 Å². The summed E-state index contributed by atoms with van der Waals surface area (Å²) in [5.74, 6) is -0.0841. The van der Waals surface area contributed by atoms with Gasteiger partial charge in [0.2, 0.25) is 5.91 Å². The lowest BCUT2D eigenvalue weighted by Crippen LogP contribution is -2.48. The summed E-state index contributed by atoms with van der Waals surface area (Å²) >= 11 is 0. The number of carbonyl (C=O) groups is 1. The van der Waals surface area contributed by atoms with Crippen LogP contribution in [0.3, 0.4) is 0 Å². The zero-order valence-corrected chi connectivity index (χ0v) is 16.9. The first-order chi connectivity index (χ1) is 12.9. The third kappa shape index (κ3) is 9.86. The van der Waals surface area contributed by atoms with Crippen LogP contribution in [-0.4, -0.2) is 55.0 Å². The second-order valence-electron chi connectivity index (χ2n) is 6.09. The molecule has 1 aromatic rings. The fraction of sp³-hybridized carbons (Fsp3) is 0.500. The van der Waals surface area contributed by atoms with Gasteiger partial charge in [0.25, 0.3) is 0 Å². The van der Waals surface area contributed by atoms with Gasteiger partial charge < -0.3 is 14.4 Å². The van der Waals surface area contributed by atoms with Crippen molar-refractivity contribution in [1.82, 2.24) is 5.32 Å². The molecule has 1 rings (SSSR count). The number of nitrogens with zero attached hydrogens (tertiary/aromatic N) is 1. The van der Waals surface area contributed by atoms with Gasteiger partial charge in [-0.3, -0.25) is 4.79 Å². The van der Waals surface area contributed by atoms with Gasteiger partial charge >= 0.3 is 5.51 Å².